The van der Waals surface area contributed by atoms with Crippen LogP contribution in [0.15, 0.2) is 133 Å². The van der Waals surface area contributed by atoms with Crippen LogP contribution < -0.4 is 30.8 Å². The molecule has 2 atom stereocenters. The highest BCUT2D eigenvalue weighted by atomic mass is 32.2. The van der Waals surface area contributed by atoms with Gasteiger partial charge < -0.3 is 15.3 Å². The normalized spacial score (nSPS) is 12.4. The summed E-state index contributed by atoms with van der Waals surface area (Å²) in [6, 6.07) is 23.3. The van der Waals surface area contributed by atoms with Crippen LogP contribution in [0.25, 0.3) is 0 Å². The lowest BCUT2D eigenvalue weighted by Gasteiger charge is -2.19. The second kappa shape index (κ2) is 40.8. The van der Waals surface area contributed by atoms with Crippen LogP contribution in [0, 0.1) is 59.7 Å². The maximum absolute atomic E-state index is 13.2. The van der Waals surface area contributed by atoms with Gasteiger partial charge in [-0.25, -0.2) is 39.4 Å². The molecule has 30 heteroatoms. The van der Waals surface area contributed by atoms with Crippen molar-refractivity contribution < 1.29 is 40.6 Å². The van der Waals surface area contributed by atoms with Gasteiger partial charge in [0.25, 0.3) is 16.7 Å². The summed E-state index contributed by atoms with van der Waals surface area (Å²) >= 11 is 0. The Balaban J connectivity index is 0.000000319. The molecule has 6 aromatic rings. The van der Waals surface area contributed by atoms with E-state index in [0.29, 0.717) is 60.9 Å². The van der Waals surface area contributed by atoms with Crippen LogP contribution in [0.4, 0.5) is 34.1 Å². The Bertz CT molecular complexity index is 4490. The van der Waals surface area contributed by atoms with Gasteiger partial charge >= 0.3 is 0 Å². The van der Waals surface area contributed by atoms with Gasteiger partial charge in [-0.05, 0) is 137 Å². The summed E-state index contributed by atoms with van der Waals surface area (Å²) in [5, 5.41) is 84.2. The third-order valence-electron chi connectivity index (χ3n) is 16.5. The van der Waals surface area contributed by atoms with E-state index in [1.54, 1.807) is 20.8 Å². The Morgan fingerprint density at radius 2 is 0.790 bits per heavy atom. The molecule has 3 aromatic carbocycles. The van der Waals surface area contributed by atoms with Crippen LogP contribution in [0.3, 0.4) is 0 Å². The summed E-state index contributed by atoms with van der Waals surface area (Å²) in [5.74, 6) is -0.604. The summed E-state index contributed by atoms with van der Waals surface area (Å²) in [6.45, 7) is 22.6. The van der Waals surface area contributed by atoms with Crippen LogP contribution in [0.5, 0.6) is 17.6 Å². The molecule has 0 aliphatic carbocycles. The average molecular weight is 1430 g/mol. The van der Waals surface area contributed by atoms with E-state index in [9.17, 15) is 70.7 Å². The molecular formula is C70H95N15O12S3. The van der Waals surface area contributed by atoms with Crippen molar-refractivity contribution in [2.45, 2.75) is 207 Å². The number of hydrogen-bond donors (Lipinski definition) is 6. The van der Waals surface area contributed by atoms with Gasteiger partial charge in [0.1, 0.15) is 34.9 Å². The van der Waals surface area contributed by atoms with E-state index in [-0.39, 0.29) is 109 Å². The predicted molar refractivity (Wildman–Crippen MR) is 385 cm³/mol. The summed E-state index contributed by atoms with van der Waals surface area (Å²) in [5.41, 5.74) is 0.191. The van der Waals surface area contributed by atoms with Crippen LogP contribution >= 0.6 is 0 Å². The number of rotatable bonds is 35. The van der Waals surface area contributed by atoms with E-state index in [1.807, 2.05) is 45.9 Å². The van der Waals surface area contributed by atoms with Gasteiger partial charge in [-0.3, -0.25) is 28.1 Å². The monoisotopic (exact) mass is 1430 g/mol. The average Bonchev–Trinajstić information content (AvgIpc) is 0.795. The summed E-state index contributed by atoms with van der Waals surface area (Å²) < 4.78 is 85.2. The number of nitriles is 3. The van der Waals surface area contributed by atoms with E-state index in [0.717, 1.165) is 86.2 Å². The molecule has 0 radical (unpaired) electrons. The summed E-state index contributed by atoms with van der Waals surface area (Å²) in [4.78, 5) is 39.3. The van der Waals surface area contributed by atoms with Gasteiger partial charge in [0, 0.05) is 56.0 Å². The number of benzene rings is 3. The van der Waals surface area contributed by atoms with Gasteiger partial charge in [-0.1, -0.05) is 120 Å². The number of sulfonamides is 3. The van der Waals surface area contributed by atoms with Crippen molar-refractivity contribution in [3.05, 3.63) is 137 Å². The Morgan fingerprint density at radius 3 is 1.17 bits per heavy atom. The van der Waals surface area contributed by atoms with Crippen molar-refractivity contribution in [2.75, 3.05) is 19.6 Å². The first-order valence-corrected chi connectivity index (χ1v) is 38.3. The molecule has 3 heterocycles. The van der Waals surface area contributed by atoms with Crippen molar-refractivity contribution in [1.82, 2.24) is 27.9 Å². The molecular weight excluding hydrogens is 1340 g/mol. The quantitative estimate of drug-likeness (QED) is 0.0159. The molecule has 0 saturated carbocycles. The molecule has 0 spiro atoms. The lowest BCUT2D eigenvalue weighted by molar-refractivity contribution is 0.339. The first-order valence-electron chi connectivity index (χ1n) is 33.9. The smallest absolute Gasteiger partial charge is 0.281 e. The number of hydrogen-bond acceptors (Lipinski definition) is 21. The molecule has 0 amide bonds. The number of unbranched alkanes of at least 4 members (excludes halogenated alkanes) is 5. The zero-order valence-electron chi connectivity index (χ0n) is 59.0. The molecule has 27 nitrogen and oxygen atoms in total. The van der Waals surface area contributed by atoms with E-state index in [2.05, 4.69) is 65.6 Å². The lowest BCUT2D eigenvalue weighted by atomic mass is 9.99. The summed E-state index contributed by atoms with van der Waals surface area (Å²) in [6.07, 6.45) is 12.7. The van der Waals surface area contributed by atoms with Crippen molar-refractivity contribution in [2.24, 2.45) is 42.5 Å². The maximum Gasteiger partial charge on any atom is 0.281 e. The van der Waals surface area contributed by atoms with Crippen LogP contribution in [-0.4, -0.2) is 73.9 Å². The minimum Gasteiger partial charge on any atom is -0.493 e. The third kappa shape index (κ3) is 22.7. The molecule has 0 fully saturated rings. The molecule has 0 saturated heterocycles. The first kappa shape index (κ1) is 83.3. The molecule has 2 unspecified atom stereocenters. The molecule has 0 bridgehead atoms. The molecule has 6 rings (SSSR count). The second-order valence-electron chi connectivity index (χ2n) is 23.6. The van der Waals surface area contributed by atoms with Crippen LogP contribution in [-0.2, 0) is 56.1 Å². The van der Waals surface area contributed by atoms with E-state index in [4.69, 9.17) is 0 Å². The SMILES string of the molecule is CCCCC(CC)CNS(=O)(=O)c1ccc(N=Nc2c(C)c(C#N)c(O)n(CCCC)c2=O)cc1.CCCCNS(=O)(=O)c1ccc(N=Nc2c(C)c(C#N)c(O)n(CC(CC)CCCC)c2=O)cc1.CCCCn1c(O)c(C#N)c(CC)c(N=Nc2ccc(S(=O)(=O)NCC)cc2)c1=O. The molecule has 0 aliphatic heterocycles. The number of nitrogens with one attached hydrogen (secondary N) is 3. The highest BCUT2D eigenvalue weighted by molar-refractivity contribution is 7.90. The summed E-state index contributed by atoms with van der Waals surface area (Å²) in [7, 11) is -10.8. The topological polar surface area (TPSA) is 411 Å². The van der Waals surface area contributed by atoms with Gasteiger partial charge in [-0.2, -0.15) is 31.1 Å². The number of pyridine rings is 3. The predicted octanol–water partition coefficient (Wildman–Crippen LogP) is 14.4. The fourth-order valence-corrected chi connectivity index (χ4v) is 13.4. The standard InChI is InChI=1S/2C25H35N5O4S.C20H25N5O4S/c1-5-8-10-19(7-3)17-27-35(33,34)21-13-11-20(12-14-21)28-29-23-18(4)22(16-26)24(31)30(25(23)32)15-9-6-2;1-5-8-10-19(7-3)17-30-24(31)22(16-26)18(4)23(25(30)32)29-28-20-11-13-21(14-12-20)35(33,34)27-15-9-6-2;1-4-7-12-25-19(26)17(13-21)16(5-2)18(20(25)27)24-23-14-8-10-15(11-9-14)30(28,29)22-6-3/h2*11-14,19,27,31H,5-10,15,17H2,1-4H3;8-11,22,26H,4-7,12H2,1-3H3. The third-order valence-corrected chi connectivity index (χ3v) is 21.0. The second-order valence-corrected chi connectivity index (χ2v) is 28.9. The highest BCUT2D eigenvalue weighted by Crippen LogP contribution is 2.32. The number of aromatic hydroxyl groups is 3. The van der Waals surface area contributed by atoms with Crippen molar-refractivity contribution >= 4 is 64.2 Å². The van der Waals surface area contributed by atoms with Crippen molar-refractivity contribution in [3.8, 4) is 35.8 Å². The first-order chi connectivity index (χ1) is 47.7. The van der Waals surface area contributed by atoms with E-state index in [1.165, 1.54) is 84.3 Å². The van der Waals surface area contributed by atoms with Gasteiger partial charge in [0.2, 0.25) is 47.7 Å². The largest absolute Gasteiger partial charge is 0.493 e. The Hall–Kier alpha value is -9.09. The van der Waals surface area contributed by atoms with Crippen molar-refractivity contribution in [1.29, 1.82) is 15.8 Å². The fraction of sp³-hybridized carbons (Fsp3) is 0.486. The fourth-order valence-electron chi connectivity index (χ4n) is 10.2. The van der Waals surface area contributed by atoms with Gasteiger partial charge in [0.15, 0.2) is 17.1 Å². The van der Waals surface area contributed by atoms with E-state index < -0.39 is 46.7 Å². The van der Waals surface area contributed by atoms with Crippen LogP contribution in [0.1, 0.15) is 186 Å². The highest BCUT2D eigenvalue weighted by Gasteiger charge is 2.25. The lowest BCUT2D eigenvalue weighted by Crippen LogP contribution is -2.29. The number of aromatic nitrogens is 3. The van der Waals surface area contributed by atoms with Gasteiger partial charge in [0.05, 0.1) is 31.7 Å². The Kier molecular flexibility index (Phi) is 34.0. The molecule has 6 N–H and O–H groups in total. The molecule has 540 valence electrons. The van der Waals surface area contributed by atoms with E-state index >= 15 is 0 Å². The Morgan fingerprint density at radius 1 is 0.440 bits per heavy atom. The molecule has 0 aliphatic rings. The zero-order valence-corrected chi connectivity index (χ0v) is 61.5. The zero-order chi connectivity index (χ0) is 74.3. The Labute approximate surface area is 587 Å². The van der Waals surface area contributed by atoms with Crippen LogP contribution in [0.2, 0.25) is 0 Å². The number of azo groups is 3. The minimum atomic E-state index is -3.66. The van der Waals surface area contributed by atoms with Crippen molar-refractivity contribution in [3.63, 3.8) is 0 Å². The molecule has 100 heavy (non-hydrogen) atoms. The molecule has 3 aromatic heterocycles. The number of nitrogens with zero attached hydrogens (tertiary/aromatic N) is 12. The van der Waals surface area contributed by atoms with Gasteiger partial charge in [-0.15, -0.1) is 15.3 Å². The minimum absolute atomic E-state index is 0.00713. The maximum atomic E-state index is 13.2.